The van der Waals surface area contributed by atoms with E-state index in [1.54, 1.807) is 54.6 Å². The van der Waals surface area contributed by atoms with E-state index in [-0.39, 0.29) is 18.4 Å². The van der Waals surface area contributed by atoms with Gasteiger partial charge in [0.25, 0.3) is 11.8 Å². The molecule has 0 atom stereocenters. The van der Waals surface area contributed by atoms with Crippen LogP contribution >= 0.6 is 23.2 Å². The maximum Gasteiger partial charge on any atom is 0.262 e. The number of halogens is 2. The third-order valence-corrected chi connectivity index (χ3v) is 5.27. The van der Waals surface area contributed by atoms with Crippen LogP contribution in [0, 0.1) is 13.8 Å². The fourth-order valence-corrected chi connectivity index (χ4v) is 3.01. The van der Waals surface area contributed by atoms with Gasteiger partial charge in [-0.2, -0.15) is 0 Å². The Morgan fingerprint density at radius 1 is 0.900 bits per heavy atom. The molecule has 0 aliphatic rings. The van der Waals surface area contributed by atoms with Crippen molar-refractivity contribution in [3.05, 3.63) is 87.4 Å². The third-order valence-electron chi connectivity index (χ3n) is 4.46. The molecule has 0 saturated heterocycles. The summed E-state index contributed by atoms with van der Waals surface area (Å²) >= 11 is 12.1. The minimum atomic E-state index is -0.312. The van der Waals surface area contributed by atoms with Gasteiger partial charge in [-0.05, 0) is 73.5 Å². The molecule has 2 amide bonds. The Balaban J connectivity index is 1.55. The summed E-state index contributed by atoms with van der Waals surface area (Å²) in [6, 6.07) is 17.1. The molecule has 0 fully saturated rings. The highest BCUT2D eigenvalue weighted by atomic mass is 35.5. The summed E-state index contributed by atoms with van der Waals surface area (Å²) in [4.78, 5) is 24.5. The fourth-order valence-electron chi connectivity index (χ4n) is 2.66. The zero-order valence-electron chi connectivity index (χ0n) is 16.5. The van der Waals surface area contributed by atoms with E-state index in [0.29, 0.717) is 32.7 Å². The quantitative estimate of drug-likeness (QED) is 0.500. The number of rotatable bonds is 6. The minimum Gasteiger partial charge on any atom is -0.484 e. The van der Waals surface area contributed by atoms with Gasteiger partial charge in [0.15, 0.2) is 6.61 Å². The molecule has 0 radical (unpaired) electrons. The smallest absolute Gasteiger partial charge is 0.262 e. The predicted octanol–water partition coefficient (Wildman–Crippen LogP) is 5.88. The van der Waals surface area contributed by atoms with E-state index < -0.39 is 0 Å². The molecule has 3 aromatic carbocycles. The van der Waals surface area contributed by atoms with Gasteiger partial charge in [0.05, 0.1) is 0 Å². The lowest BCUT2D eigenvalue weighted by Crippen LogP contribution is -2.20. The van der Waals surface area contributed by atoms with E-state index in [4.69, 9.17) is 27.9 Å². The molecule has 5 nitrogen and oxygen atoms in total. The number of amides is 2. The Labute approximate surface area is 185 Å². The highest BCUT2D eigenvalue weighted by molar-refractivity contribution is 6.32. The van der Waals surface area contributed by atoms with Crippen molar-refractivity contribution >= 4 is 46.4 Å². The molecule has 30 heavy (non-hydrogen) atoms. The van der Waals surface area contributed by atoms with Crippen LogP contribution in [0.3, 0.4) is 0 Å². The van der Waals surface area contributed by atoms with E-state index in [0.717, 1.165) is 11.1 Å². The summed E-state index contributed by atoms with van der Waals surface area (Å²) in [7, 11) is 0. The highest BCUT2D eigenvalue weighted by Crippen LogP contribution is 2.24. The molecule has 0 heterocycles. The van der Waals surface area contributed by atoms with Crippen LogP contribution in [-0.2, 0) is 4.79 Å². The maximum absolute atomic E-state index is 12.4. The molecule has 0 unspecified atom stereocenters. The van der Waals surface area contributed by atoms with Crippen molar-refractivity contribution in [3.63, 3.8) is 0 Å². The number of ether oxygens (including phenoxy) is 1. The Bertz CT molecular complexity index is 1080. The van der Waals surface area contributed by atoms with Crippen LogP contribution in [0.2, 0.25) is 10.0 Å². The first-order valence-electron chi connectivity index (χ1n) is 9.19. The third kappa shape index (κ3) is 5.53. The molecular formula is C23H20Cl2N2O3. The molecule has 3 rings (SSSR count). The molecular weight excluding hydrogens is 423 g/mol. The van der Waals surface area contributed by atoms with Crippen LogP contribution in [0.5, 0.6) is 5.75 Å². The second-order valence-electron chi connectivity index (χ2n) is 6.69. The summed E-state index contributed by atoms with van der Waals surface area (Å²) in [6.07, 6.45) is 0. The molecule has 0 bridgehead atoms. The SMILES string of the molecule is Cc1ccc(NC(=O)COc2ccc(C(=O)Nc3cccc(Cl)c3C)cc2)cc1Cl. The molecule has 0 spiro atoms. The highest BCUT2D eigenvalue weighted by Gasteiger charge is 2.10. The summed E-state index contributed by atoms with van der Waals surface area (Å²) in [6.45, 7) is 3.56. The number of hydrogen-bond donors (Lipinski definition) is 2. The van der Waals surface area contributed by atoms with E-state index in [1.807, 2.05) is 19.9 Å². The van der Waals surface area contributed by atoms with Gasteiger partial charge in [0.1, 0.15) is 5.75 Å². The molecule has 7 heteroatoms. The number of anilines is 2. The summed E-state index contributed by atoms with van der Waals surface area (Å²) in [5, 5.41) is 6.72. The number of carbonyl (C=O) groups is 2. The average molecular weight is 443 g/mol. The van der Waals surface area contributed by atoms with Gasteiger partial charge in [-0.15, -0.1) is 0 Å². The number of nitrogens with one attached hydrogen (secondary N) is 2. The summed E-state index contributed by atoms with van der Waals surface area (Å²) < 4.78 is 5.49. The molecule has 0 aromatic heterocycles. The first-order chi connectivity index (χ1) is 14.3. The Morgan fingerprint density at radius 2 is 1.63 bits per heavy atom. The fraction of sp³-hybridized carbons (Fsp3) is 0.130. The lowest BCUT2D eigenvalue weighted by Gasteiger charge is -2.11. The van der Waals surface area contributed by atoms with Crippen LogP contribution in [-0.4, -0.2) is 18.4 Å². The normalized spacial score (nSPS) is 10.4. The molecule has 0 saturated carbocycles. The Kier molecular flexibility index (Phi) is 6.98. The van der Waals surface area contributed by atoms with Crippen LogP contribution in [0.4, 0.5) is 11.4 Å². The number of benzene rings is 3. The number of hydrogen-bond acceptors (Lipinski definition) is 3. The van der Waals surface area contributed by atoms with Crippen molar-refractivity contribution in [1.82, 2.24) is 0 Å². The van der Waals surface area contributed by atoms with E-state index in [9.17, 15) is 9.59 Å². The monoisotopic (exact) mass is 442 g/mol. The van der Waals surface area contributed by atoms with Gasteiger partial charge in [0, 0.05) is 27.0 Å². The summed E-state index contributed by atoms with van der Waals surface area (Å²) in [5.41, 5.74) is 3.44. The van der Waals surface area contributed by atoms with Gasteiger partial charge >= 0.3 is 0 Å². The van der Waals surface area contributed by atoms with Crippen LogP contribution < -0.4 is 15.4 Å². The minimum absolute atomic E-state index is 0.168. The molecule has 3 aromatic rings. The van der Waals surface area contributed by atoms with Crippen molar-refractivity contribution < 1.29 is 14.3 Å². The van der Waals surface area contributed by atoms with Gasteiger partial charge < -0.3 is 15.4 Å². The first-order valence-corrected chi connectivity index (χ1v) is 9.94. The molecule has 2 N–H and O–H groups in total. The largest absolute Gasteiger partial charge is 0.484 e. The van der Waals surface area contributed by atoms with E-state index >= 15 is 0 Å². The standard InChI is InChI=1S/C23H20Cl2N2O3/c1-14-6-9-17(12-20(14)25)26-22(28)13-30-18-10-7-16(8-11-18)23(29)27-21-5-3-4-19(24)15(21)2/h3-12H,13H2,1-2H3,(H,26,28)(H,27,29). The van der Waals surface area contributed by atoms with Gasteiger partial charge in [-0.1, -0.05) is 35.3 Å². The lowest BCUT2D eigenvalue weighted by molar-refractivity contribution is -0.118. The maximum atomic E-state index is 12.4. The average Bonchev–Trinajstić information content (AvgIpc) is 2.73. The second-order valence-corrected chi connectivity index (χ2v) is 7.51. The summed E-state index contributed by atoms with van der Waals surface area (Å²) in [5.74, 6) is -0.100. The topological polar surface area (TPSA) is 67.4 Å². The van der Waals surface area contributed by atoms with Gasteiger partial charge in [-0.25, -0.2) is 0 Å². The van der Waals surface area contributed by atoms with E-state index in [2.05, 4.69) is 10.6 Å². The van der Waals surface area contributed by atoms with Gasteiger partial charge in [-0.3, -0.25) is 9.59 Å². The van der Waals surface area contributed by atoms with Crippen molar-refractivity contribution in [1.29, 1.82) is 0 Å². The lowest BCUT2D eigenvalue weighted by atomic mass is 10.1. The van der Waals surface area contributed by atoms with Crippen molar-refractivity contribution in [3.8, 4) is 5.75 Å². The van der Waals surface area contributed by atoms with Crippen LogP contribution in [0.1, 0.15) is 21.5 Å². The van der Waals surface area contributed by atoms with Gasteiger partial charge in [0.2, 0.25) is 0 Å². The molecule has 154 valence electrons. The zero-order chi connectivity index (χ0) is 21.7. The predicted molar refractivity (Wildman–Crippen MR) is 121 cm³/mol. The Morgan fingerprint density at radius 3 is 2.33 bits per heavy atom. The van der Waals surface area contributed by atoms with Crippen molar-refractivity contribution in [2.24, 2.45) is 0 Å². The first kappa shape index (κ1) is 21.7. The van der Waals surface area contributed by atoms with Crippen LogP contribution in [0.25, 0.3) is 0 Å². The molecule has 0 aliphatic heterocycles. The van der Waals surface area contributed by atoms with Crippen molar-refractivity contribution in [2.75, 3.05) is 17.2 Å². The second kappa shape index (κ2) is 9.65. The Hall–Kier alpha value is -3.02. The van der Waals surface area contributed by atoms with Crippen molar-refractivity contribution in [2.45, 2.75) is 13.8 Å². The number of aryl methyl sites for hydroxylation is 1. The number of carbonyl (C=O) groups excluding carboxylic acids is 2. The van der Waals surface area contributed by atoms with E-state index in [1.165, 1.54) is 0 Å². The molecule has 0 aliphatic carbocycles. The zero-order valence-corrected chi connectivity index (χ0v) is 18.0. The van der Waals surface area contributed by atoms with Crippen LogP contribution in [0.15, 0.2) is 60.7 Å².